The van der Waals surface area contributed by atoms with Crippen LogP contribution in [-0.2, 0) is 11.3 Å². The van der Waals surface area contributed by atoms with Crippen molar-refractivity contribution in [3.8, 4) is 11.5 Å². The van der Waals surface area contributed by atoms with Crippen molar-refractivity contribution in [3.63, 3.8) is 0 Å². The zero-order valence-electron chi connectivity index (χ0n) is 15.9. The predicted molar refractivity (Wildman–Crippen MR) is 103 cm³/mol. The first-order valence-electron chi connectivity index (χ1n) is 9.24. The molecule has 5 heteroatoms. The molecule has 0 bridgehead atoms. The van der Waals surface area contributed by atoms with Gasteiger partial charge in [0.1, 0.15) is 0 Å². The van der Waals surface area contributed by atoms with Gasteiger partial charge in [0, 0.05) is 31.0 Å². The molecule has 1 aromatic heterocycles. The summed E-state index contributed by atoms with van der Waals surface area (Å²) in [5.41, 5.74) is 5.68. The number of benzene rings is 2. The maximum absolute atomic E-state index is 12.4. The van der Waals surface area contributed by atoms with Crippen molar-refractivity contribution >= 4 is 5.91 Å². The Bertz CT molecular complexity index is 993. The summed E-state index contributed by atoms with van der Waals surface area (Å²) in [6.45, 7) is 7.45. The third-order valence-corrected chi connectivity index (χ3v) is 5.23. The molecule has 1 unspecified atom stereocenters. The van der Waals surface area contributed by atoms with E-state index in [1.165, 1.54) is 16.7 Å². The van der Waals surface area contributed by atoms with Crippen LogP contribution in [0.3, 0.4) is 0 Å². The molecule has 0 saturated carbocycles. The highest BCUT2D eigenvalue weighted by atomic mass is 16.5. The topological polar surface area (TPSA) is 59.2 Å². The summed E-state index contributed by atoms with van der Waals surface area (Å²) in [5.74, 6) is 1.24. The van der Waals surface area contributed by atoms with E-state index in [1.807, 2.05) is 17.0 Å². The molecule has 2 heterocycles. The number of carbonyl (C=O) groups is 1. The SMILES string of the molecule is Cc1cccc(CN2CC(c3noc(-c4ccc(C)c(C)c4)n3)CC2=O)c1. The summed E-state index contributed by atoms with van der Waals surface area (Å²) in [5, 5.41) is 4.15. The van der Waals surface area contributed by atoms with Crippen LogP contribution in [0.4, 0.5) is 0 Å². The normalized spacial score (nSPS) is 16.9. The molecule has 27 heavy (non-hydrogen) atoms. The lowest BCUT2D eigenvalue weighted by atomic mass is 10.1. The molecule has 138 valence electrons. The number of rotatable bonds is 4. The number of aromatic nitrogens is 2. The molecule has 3 aromatic rings. The first kappa shape index (κ1) is 17.5. The number of amides is 1. The van der Waals surface area contributed by atoms with E-state index in [0.29, 0.717) is 31.2 Å². The van der Waals surface area contributed by atoms with Gasteiger partial charge in [-0.05, 0) is 49.6 Å². The quantitative estimate of drug-likeness (QED) is 0.699. The Labute approximate surface area is 159 Å². The molecule has 1 saturated heterocycles. The van der Waals surface area contributed by atoms with Gasteiger partial charge >= 0.3 is 0 Å². The standard InChI is InChI=1S/C22H23N3O2/c1-14-5-4-6-17(9-14)12-25-13-19(11-20(25)26)21-23-22(27-24-21)18-8-7-15(2)16(3)10-18/h4-10,19H,11-13H2,1-3H3. The lowest BCUT2D eigenvalue weighted by molar-refractivity contribution is -0.128. The molecule has 1 atom stereocenters. The molecule has 1 amide bonds. The van der Waals surface area contributed by atoms with Crippen LogP contribution in [0.5, 0.6) is 0 Å². The molecule has 0 N–H and O–H groups in total. The van der Waals surface area contributed by atoms with Gasteiger partial charge in [-0.3, -0.25) is 4.79 Å². The summed E-state index contributed by atoms with van der Waals surface area (Å²) >= 11 is 0. The van der Waals surface area contributed by atoms with Crippen molar-refractivity contribution in [2.75, 3.05) is 6.54 Å². The molecule has 1 fully saturated rings. The van der Waals surface area contributed by atoms with Gasteiger partial charge < -0.3 is 9.42 Å². The highest BCUT2D eigenvalue weighted by Crippen LogP contribution is 2.29. The fraction of sp³-hybridized carbons (Fsp3) is 0.318. The van der Waals surface area contributed by atoms with E-state index >= 15 is 0 Å². The van der Waals surface area contributed by atoms with Crippen molar-refractivity contribution in [1.82, 2.24) is 15.0 Å². The first-order valence-corrected chi connectivity index (χ1v) is 9.24. The van der Waals surface area contributed by atoms with E-state index in [0.717, 1.165) is 11.1 Å². The minimum absolute atomic E-state index is 0.0219. The Morgan fingerprint density at radius 2 is 1.96 bits per heavy atom. The molecule has 4 rings (SSSR count). The number of carbonyl (C=O) groups excluding carboxylic acids is 1. The summed E-state index contributed by atoms with van der Waals surface area (Å²) in [6, 6.07) is 14.4. The van der Waals surface area contributed by atoms with Crippen LogP contribution in [0.15, 0.2) is 47.0 Å². The zero-order valence-corrected chi connectivity index (χ0v) is 15.9. The number of likely N-dealkylation sites (tertiary alicyclic amines) is 1. The van der Waals surface area contributed by atoms with Gasteiger partial charge in [0.25, 0.3) is 5.89 Å². The predicted octanol–water partition coefficient (Wildman–Crippen LogP) is 4.18. The van der Waals surface area contributed by atoms with Gasteiger partial charge in [-0.2, -0.15) is 4.98 Å². The van der Waals surface area contributed by atoms with Gasteiger partial charge in [0.2, 0.25) is 5.91 Å². The lowest BCUT2D eigenvalue weighted by Crippen LogP contribution is -2.24. The Morgan fingerprint density at radius 3 is 2.74 bits per heavy atom. The Kier molecular flexibility index (Phi) is 4.52. The molecule has 1 aliphatic rings. The number of nitrogens with zero attached hydrogens (tertiary/aromatic N) is 3. The van der Waals surface area contributed by atoms with Gasteiger partial charge in [0.15, 0.2) is 5.82 Å². The smallest absolute Gasteiger partial charge is 0.257 e. The van der Waals surface area contributed by atoms with E-state index in [2.05, 4.69) is 61.2 Å². The minimum atomic E-state index is -0.0219. The summed E-state index contributed by atoms with van der Waals surface area (Å²) in [4.78, 5) is 18.9. The zero-order chi connectivity index (χ0) is 19.0. The number of aryl methyl sites for hydroxylation is 3. The second-order valence-electron chi connectivity index (χ2n) is 7.42. The van der Waals surface area contributed by atoms with Crippen molar-refractivity contribution in [2.24, 2.45) is 0 Å². The third-order valence-electron chi connectivity index (χ3n) is 5.23. The molecule has 1 aliphatic heterocycles. The van der Waals surface area contributed by atoms with Crippen LogP contribution in [-0.4, -0.2) is 27.5 Å². The summed E-state index contributed by atoms with van der Waals surface area (Å²) in [6.07, 6.45) is 0.428. The van der Waals surface area contributed by atoms with Crippen molar-refractivity contribution < 1.29 is 9.32 Å². The molecule has 0 aliphatic carbocycles. The molecule has 0 spiro atoms. The number of hydrogen-bond acceptors (Lipinski definition) is 4. The molecule has 5 nitrogen and oxygen atoms in total. The Balaban J connectivity index is 1.49. The van der Waals surface area contributed by atoms with Gasteiger partial charge in [-0.1, -0.05) is 41.1 Å². The van der Waals surface area contributed by atoms with Crippen LogP contribution in [0, 0.1) is 20.8 Å². The van der Waals surface area contributed by atoms with Gasteiger partial charge in [0.05, 0.1) is 0 Å². The second kappa shape index (κ2) is 6.99. The maximum Gasteiger partial charge on any atom is 0.257 e. The van der Waals surface area contributed by atoms with Crippen LogP contribution in [0.1, 0.15) is 40.4 Å². The van der Waals surface area contributed by atoms with Crippen LogP contribution < -0.4 is 0 Å². The van der Waals surface area contributed by atoms with E-state index in [-0.39, 0.29) is 11.8 Å². The monoisotopic (exact) mass is 361 g/mol. The fourth-order valence-corrected chi connectivity index (χ4v) is 3.52. The molecular weight excluding hydrogens is 338 g/mol. The van der Waals surface area contributed by atoms with Crippen LogP contribution in [0.25, 0.3) is 11.5 Å². The van der Waals surface area contributed by atoms with E-state index in [9.17, 15) is 4.79 Å². The Morgan fingerprint density at radius 1 is 1.11 bits per heavy atom. The highest BCUT2D eigenvalue weighted by molar-refractivity contribution is 5.79. The summed E-state index contributed by atoms with van der Waals surface area (Å²) < 4.78 is 5.47. The van der Waals surface area contributed by atoms with E-state index in [4.69, 9.17) is 4.52 Å². The first-order chi connectivity index (χ1) is 13.0. The molecule has 0 radical (unpaired) electrons. The van der Waals surface area contributed by atoms with Gasteiger partial charge in [-0.15, -0.1) is 0 Å². The van der Waals surface area contributed by atoms with Crippen molar-refractivity contribution in [1.29, 1.82) is 0 Å². The largest absolute Gasteiger partial charge is 0.338 e. The average molecular weight is 361 g/mol. The van der Waals surface area contributed by atoms with Crippen LogP contribution >= 0.6 is 0 Å². The third kappa shape index (κ3) is 3.63. The average Bonchev–Trinajstić information content (AvgIpc) is 3.25. The fourth-order valence-electron chi connectivity index (χ4n) is 3.52. The summed E-state index contributed by atoms with van der Waals surface area (Å²) in [7, 11) is 0. The minimum Gasteiger partial charge on any atom is -0.338 e. The number of hydrogen-bond donors (Lipinski definition) is 0. The van der Waals surface area contributed by atoms with Gasteiger partial charge in [-0.25, -0.2) is 0 Å². The second-order valence-corrected chi connectivity index (χ2v) is 7.42. The van der Waals surface area contributed by atoms with E-state index < -0.39 is 0 Å². The Hall–Kier alpha value is -2.95. The van der Waals surface area contributed by atoms with Crippen molar-refractivity contribution in [2.45, 2.75) is 39.7 Å². The molecular formula is C22H23N3O2. The van der Waals surface area contributed by atoms with E-state index in [1.54, 1.807) is 0 Å². The molecule has 2 aromatic carbocycles. The highest BCUT2D eigenvalue weighted by Gasteiger charge is 2.33. The lowest BCUT2D eigenvalue weighted by Gasteiger charge is -2.16. The maximum atomic E-state index is 12.4. The van der Waals surface area contributed by atoms with Crippen LogP contribution in [0.2, 0.25) is 0 Å². The van der Waals surface area contributed by atoms with Crippen molar-refractivity contribution in [3.05, 3.63) is 70.5 Å².